The molecular formula is C10H17N5O2. The minimum absolute atomic E-state index is 0.0273. The van der Waals surface area contributed by atoms with Crippen LogP contribution < -0.4 is 16.4 Å². The van der Waals surface area contributed by atoms with Crippen LogP contribution in [-0.4, -0.2) is 40.2 Å². The molecule has 0 aliphatic heterocycles. The Kier molecular flexibility index (Phi) is 5.15. The molecular weight excluding hydrogens is 222 g/mol. The highest BCUT2D eigenvalue weighted by Crippen LogP contribution is 2.05. The van der Waals surface area contributed by atoms with E-state index in [0.29, 0.717) is 11.8 Å². The fraction of sp³-hybridized carbons (Fsp3) is 0.500. The molecule has 1 amide bonds. The Morgan fingerprint density at radius 2 is 2.35 bits per heavy atom. The Morgan fingerprint density at radius 3 is 3.00 bits per heavy atom. The van der Waals surface area contributed by atoms with Crippen LogP contribution in [0.4, 0.5) is 11.8 Å². The molecule has 1 unspecified atom stereocenters. The molecule has 0 aliphatic carbocycles. The fourth-order valence-corrected chi connectivity index (χ4v) is 1.08. The zero-order valence-electron chi connectivity index (χ0n) is 9.68. The van der Waals surface area contributed by atoms with Crippen LogP contribution in [0.5, 0.6) is 0 Å². The predicted octanol–water partition coefficient (Wildman–Crippen LogP) is -0.443. The number of hydrogen-bond donors (Lipinski definition) is 4. The van der Waals surface area contributed by atoms with Crippen molar-refractivity contribution in [1.82, 2.24) is 9.97 Å². The number of aliphatic hydroxyl groups excluding tert-OH is 1. The monoisotopic (exact) mass is 239 g/mol. The first-order valence-electron chi connectivity index (χ1n) is 5.41. The van der Waals surface area contributed by atoms with Gasteiger partial charge < -0.3 is 21.5 Å². The van der Waals surface area contributed by atoms with Crippen molar-refractivity contribution in [3.05, 3.63) is 12.3 Å². The van der Waals surface area contributed by atoms with Gasteiger partial charge in [0, 0.05) is 12.7 Å². The molecule has 1 atom stereocenters. The second-order valence-corrected chi connectivity index (χ2v) is 3.49. The quantitative estimate of drug-likeness (QED) is 0.513. The topological polar surface area (TPSA) is 113 Å². The molecule has 0 fully saturated rings. The minimum atomic E-state index is -1.22. The van der Waals surface area contributed by atoms with Gasteiger partial charge in [-0.25, -0.2) is 4.98 Å². The number of primary amides is 1. The number of nitrogens with zero attached hydrogens (tertiary/aromatic N) is 2. The van der Waals surface area contributed by atoms with E-state index in [1.165, 1.54) is 0 Å². The summed E-state index contributed by atoms with van der Waals surface area (Å²) in [5.41, 5.74) is 4.92. The lowest BCUT2D eigenvalue weighted by atomic mass is 10.3. The van der Waals surface area contributed by atoms with Crippen LogP contribution >= 0.6 is 0 Å². The van der Waals surface area contributed by atoms with Crippen LogP contribution in [0.15, 0.2) is 12.3 Å². The Balaban J connectivity index is 2.50. The first-order valence-corrected chi connectivity index (χ1v) is 5.41. The van der Waals surface area contributed by atoms with Gasteiger partial charge in [0.15, 0.2) is 0 Å². The van der Waals surface area contributed by atoms with Gasteiger partial charge in [0.05, 0.1) is 6.54 Å². The molecule has 0 radical (unpaired) electrons. The standard InChI is InChI=1S/C10H17N5O2/c1-2-4-12-10-13-5-3-8(15-10)14-6-7(16)9(11)17/h3,5,7,16H,2,4,6H2,1H3,(H2,11,17)(H2,12,13,14,15). The number of nitrogens with one attached hydrogen (secondary N) is 2. The zero-order chi connectivity index (χ0) is 12.7. The van der Waals surface area contributed by atoms with Gasteiger partial charge in [0.25, 0.3) is 0 Å². The molecule has 0 saturated carbocycles. The Labute approximate surface area is 99.5 Å². The normalized spacial score (nSPS) is 11.9. The largest absolute Gasteiger partial charge is 0.381 e. The second kappa shape index (κ2) is 6.64. The Hall–Kier alpha value is -1.89. The molecule has 0 aromatic carbocycles. The summed E-state index contributed by atoms with van der Waals surface area (Å²) in [5.74, 6) is 0.264. The summed E-state index contributed by atoms with van der Waals surface area (Å²) in [5, 5.41) is 15.0. The van der Waals surface area contributed by atoms with Gasteiger partial charge in [-0.15, -0.1) is 0 Å². The molecule has 1 aromatic heterocycles. The third kappa shape index (κ3) is 4.64. The number of aromatic nitrogens is 2. The lowest BCUT2D eigenvalue weighted by Gasteiger charge is -2.09. The Bertz CT molecular complexity index is 371. The van der Waals surface area contributed by atoms with Crippen LogP contribution in [0.1, 0.15) is 13.3 Å². The molecule has 0 spiro atoms. The molecule has 1 heterocycles. The summed E-state index contributed by atoms with van der Waals surface area (Å²) in [6.45, 7) is 2.85. The summed E-state index contributed by atoms with van der Waals surface area (Å²) in [6, 6.07) is 1.64. The highest BCUT2D eigenvalue weighted by Gasteiger charge is 2.10. The number of amides is 1. The second-order valence-electron chi connectivity index (χ2n) is 3.49. The molecule has 5 N–H and O–H groups in total. The number of hydrogen-bond acceptors (Lipinski definition) is 6. The first-order chi connectivity index (χ1) is 8.13. The number of rotatable bonds is 7. The fourth-order valence-electron chi connectivity index (χ4n) is 1.08. The van der Waals surface area contributed by atoms with E-state index in [0.717, 1.165) is 13.0 Å². The van der Waals surface area contributed by atoms with E-state index in [1.807, 2.05) is 6.92 Å². The van der Waals surface area contributed by atoms with Gasteiger partial charge in [-0.2, -0.15) is 4.98 Å². The van der Waals surface area contributed by atoms with E-state index < -0.39 is 12.0 Å². The van der Waals surface area contributed by atoms with Crippen molar-refractivity contribution in [2.45, 2.75) is 19.4 Å². The van der Waals surface area contributed by atoms with Gasteiger partial charge in [-0.3, -0.25) is 4.79 Å². The lowest BCUT2D eigenvalue weighted by Crippen LogP contribution is -2.34. The molecule has 94 valence electrons. The lowest BCUT2D eigenvalue weighted by molar-refractivity contribution is -0.125. The van der Waals surface area contributed by atoms with Crippen molar-refractivity contribution in [3.63, 3.8) is 0 Å². The van der Waals surface area contributed by atoms with E-state index in [4.69, 9.17) is 5.73 Å². The molecule has 1 aromatic rings. The maximum Gasteiger partial charge on any atom is 0.248 e. The highest BCUT2D eigenvalue weighted by molar-refractivity contribution is 5.79. The smallest absolute Gasteiger partial charge is 0.248 e. The maximum absolute atomic E-state index is 10.6. The highest BCUT2D eigenvalue weighted by atomic mass is 16.3. The summed E-state index contributed by atoms with van der Waals surface area (Å²) < 4.78 is 0. The third-order valence-electron chi connectivity index (χ3n) is 1.99. The van der Waals surface area contributed by atoms with E-state index in [1.54, 1.807) is 12.3 Å². The van der Waals surface area contributed by atoms with Crippen LogP contribution in [0.2, 0.25) is 0 Å². The molecule has 0 bridgehead atoms. The zero-order valence-corrected chi connectivity index (χ0v) is 9.68. The van der Waals surface area contributed by atoms with Crippen molar-refractivity contribution in [2.75, 3.05) is 23.7 Å². The third-order valence-corrected chi connectivity index (χ3v) is 1.99. The van der Waals surface area contributed by atoms with E-state index in [2.05, 4.69) is 20.6 Å². The van der Waals surface area contributed by atoms with Gasteiger partial charge >= 0.3 is 0 Å². The number of anilines is 2. The molecule has 7 heteroatoms. The maximum atomic E-state index is 10.6. The van der Waals surface area contributed by atoms with E-state index in [9.17, 15) is 9.90 Å². The molecule has 0 aliphatic rings. The minimum Gasteiger partial charge on any atom is -0.381 e. The summed E-state index contributed by atoms with van der Waals surface area (Å²) in [4.78, 5) is 18.8. The van der Waals surface area contributed by atoms with Gasteiger partial charge in [-0.05, 0) is 12.5 Å². The average Bonchev–Trinajstić information content (AvgIpc) is 2.33. The van der Waals surface area contributed by atoms with Crippen molar-refractivity contribution in [1.29, 1.82) is 0 Å². The number of carbonyl (C=O) groups excluding carboxylic acids is 1. The van der Waals surface area contributed by atoms with E-state index in [-0.39, 0.29) is 6.54 Å². The van der Waals surface area contributed by atoms with Gasteiger partial charge in [-0.1, -0.05) is 6.92 Å². The first kappa shape index (κ1) is 13.2. The number of carbonyl (C=O) groups is 1. The summed E-state index contributed by atoms with van der Waals surface area (Å²) in [6.07, 6.45) is 1.34. The van der Waals surface area contributed by atoms with Crippen molar-refractivity contribution in [3.8, 4) is 0 Å². The molecule has 1 rings (SSSR count). The van der Waals surface area contributed by atoms with Gasteiger partial charge in [0.2, 0.25) is 11.9 Å². The van der Waals surface area contributed by atoms with Crippen LogP contribution in [0.3, 0.4) is 0 Å². The predicted molar refractivity (Wildman–Crippen MR) is 64.5 cm³/mol. The van der Waals surface area contributed by atoms with Crippen LogP contribution in [-0.2, 0) is 4.79 Å². The number of aliphatic hydroxyl groups is 1. The van der Waals surface area contributed by atoms with Crippen molar-refractivity contribution < 1.29 is 9.90 Å². The SMILES string of the molecule is CCCNc1nccc(NCC(O)C(N)=O)n1. The van der Waals surface area contributed by atoms with Crippen LogP contribution in [0, 0.1) is 0 Å². The molecule has 0 saturated heterocycles. The number of nitrogens with two attached hydrogens (primary N) is 1. The van der Waals surface area contributed by atoms with Crippen molar-refractivity contribution >= 4 is 17.7 Å². The summed E-state index contributed by atoms with van der Waals surface area (Å²) in [7, 11) is 0. The molecule has 7 nitrogen and oxygen atoms in total. The summed E-state index contributed by atoms with van der Waals surface area (Å²) >= 11 is 0. The van der Waals surface area contributed by atoms with E-state index >= 15 is 0 Å². The Morgan fingerprint density at radius 1 is 1.59 bits per heavy atom. The van der Waals surface area contributed by atoms with Gasteiger partial charge in [0.1, 0.15) is 11.9 Å². The average molecular weight is 239 g/mol. The van der Waals surface area contributed by atoms with Crippen molar-refractivity contribution in [2.24, 2.45) is 5.73 Å². The van der Waals surface area contributed by atoms with Crippen LogP contribution in [0.25, 0.3) is 0 Å². The molecule has 17 heavy (non-hydrogen) atoms.